The minimum Gasteiger partial charge on any atom is -0.339 e. The number of hydrogen-bond donors (Lipinski definition) is 3. The van der Waals surface area contributed by atoms with Gasteiger partial charge < -0.3 is 5.32 Å². The molecule has 1 aromatic heterocycles. The molecule has 2 rings (SSSR count). The van der Waals surface area contributed by atoms with Crippen LogP contribution in [0.3, 0.4) is 0 Å². The maximum atomic E-state index is 12.7. The fraction of sp³-hybridized carbons (Fsp3) is 0.250. The van der Waals surface area contributed by atoms with Gasteiger partial charge in [-0.15, -0.1) is 0 Å². The standard InChI is InChI=1S/C12H10F5N5O3S/c13-10(14)6-2-1-3-7(4-6)20-11(18)9-8(21-25-22-9)5-19-26(23,24)12(15,16)17/h1-4,10,19H,5H2,(H2,18,20). The predicted molar refractivity (Wildman–Crippen MR) is 78.0 cm³/mol. The predicted octanol–water partition coefficient (Wildman–Crippen LogP) is 2.38. The van der Waals surface area contributed by atoms with Crippen LogP contribution in [0.1, 0.15) is 23.4 Å². The Bertz CT molecular complexity index is 897. The second kappa shape index (κ2) is 7.33. The Labute approximate surface area is 142 Å². The molecule has 2 aromatic rings. The van der Waals surface area contributed by atoms with Gasteiger partial charge in [-0.3, -0.25) is 5.41 Å². The van der Waals surface area contributed by atoms with Crippen molar-refractivity contribution in [2.75, 3.05) is 5.32 Å². The summed E-state index contributed by atoms with van der Waals surface area (Å²) in [4.78, 5) is 0. The van der Waals surface area contributed by atoms with Gasteiger partial charge in [0, 0.05) is 11.3 Å². The van der Waals surface area contributed by atoms with E-state index < -0.39 is 45.7 Å². The molecule has 142 valence electrons. The van der Waals surface area contributed by atoms with Crippen molar-refractivity contribution >= 4 is 21.5 Å². The van der Waals surface area contributed by atoms with Crippen LogP contribution in [0.15, 0.2) is 28.9 Å². The highest BCUT2D eigenvalue weighted by atomic mass is 32.2. The van der Waals surface area contributed by atoms with Crippen molar-refractivity contribution in [3.8, 4) is 0 Å². The highest BCUT2D eigenvalue weighted by Crippen LogP contribution is 2.23. The molecule has 0 spiro atoms. The first-order valence-corrected chi connectivity index (χ1v) is 8.11. The normalized spacial score (nSPS) is 12.4. The lowest BCUT2D eigenvalue weighted by Gasteiger charge is -2.10. The molecule has 3 N–H and O–H groups in total. The van der Waals surface area contributed by atoms with Crippen LogP contribution >= 0.6 is 0 Å². The number of hydrogen-bond acceptors (Lipinski definition) is 6. The molecule has 8 nitrogen and oxygen atoms in total. The van der Waals surface area contributed by atoms with E-state index in [1.807, 2.05) is 0 Å². The molecule has 0 amide bonds. The number of sulfonamides is 1. The fourth-order valence-corrected chi connectivity index (χ4v) is 2.20. The lowest BCUT2D eigenvalue weighted by molar-refractivity contribution is -0.0448. The first-order chi connectivity index (χ1) is 12.0. The lowest BCUT2D eigenvalue weighted by atomic mass is 10.2. The molecule has 1 aromatic carbocycles. The number of rotatable bonds is 6. The molecule has 0 fully saturated rings. The number of alkyl halides is 5. The second-order valence-electron chi connectivity index (χ2n) is 4.76. The van der Waals surface area contributed by atoms with E-state index in [1.165, 1.54) is 16.9 Å². The van der Waals surface area contributed by atoms with E-state index in [1.54, 1.807) is 0 Å². The minimum absolute atomic E-state index is 0.0811. The smallest absolute Gasteiger partial charge is 0.339 e. The van der Waals surface area contributed by atoms with Crippen molar-refractivity contribution in [1.82, 2.24) is 15.0 Å². The van der Waals surface area contributed by atoms with Gasteiger partial charge in [0.2, 0.25) is 0 Å². The number of nitrogens with one attached hydrogen (secondary N) is 3. The third-order valence-corrected chi connectivity index (χ3v) is 4.07. The topological polar surface area (TPSA) is 121 Å². The van der Waals surface area contributed by atoms with Gasteiger partial charge in [-0.2, -0.15) is 13.2 Å². The van der Waals surface area contributed by atoms with Crippen LogP contribution in [-0.4, -0.2) is 30.1 Å². The number of benzene rings is 1. The Morgan fingerprint density at radius 3 is 2.58 bits per heavy atom. The molecule has 0 aliphatic rings. The van der Waals surface area contributed by atoms with Crippen LogP contribution in [0.25, 0.3) is 0 Å². The minimum atomic E-state index is -5.62. The number of nitrogens with zero attached hydrogens (tertiary/aromatic N) is 2. The van der Waals surface area contributed by atoms with Crippen LogP contribution in [-0.2, 0) is 16.6 Å². The zero-order valence-electron chi connectivity index (χ0n) is 12.5. The molecule has 26 heavy (non-hydrogen) atoms. The average molecular weight is 399 g/mol. The van der Waals surface area contributed by atoms with Crippen LogP contribution in [0.4, 0.5) is 27.6 Å². The average Bonchev–Trinajstić information content (AvgIpc) is 3.01. The molecule has 0 saturated carbocycles. The third-order valence-electron chi connectivity index (χ3n) is 2.94. The molecule has 0 unspecified atom stereocenters. The second-order valence-corrected chi connectivity index (χ2v) is 6.51. The van der Waals surface area contributed by atoms with E-state index in [-0.39, 0.29) is 11.3 Å². The molecule has 0 radical (unpaired) electrons. The van der Waals surface area contributed by atoms with E-state index in [0.717, 1.165) is 12.1 Å². The highest BCUT2D eigenvalue weighted by Gasteiger charge is 2.45. The zero-order valence-corrected chi connectivity index (χ0v) is 13.3. The van der Waals surface area contributed by atoms with E-state index >= 15 is 0 Å². The molecule has 0 aliphatic carbocycles. The van der Waals surface area contributed by atoms with Gasteiger partial charge in [-0.25, -0.2) is 26.5 Å². The molecule has 0 bridgehead atoms. The van der Waals surface area contributed by atoms with Crippen LogP contribution in [0, 0.1) is 5.41 Å². The fourth-order valence-electron chi connectivity index (χ4n) is 1.71. The van der Waals surface area contributed by atoms with Crippen molar-refractivity contribution in [2.24, 2.45) is 0 Å². The summed E-state index contributed by atoms with van der Waals surface area (Å²) in [5.41, 5.74) is -6.55. The molecule has 14 heteroatoms. The zero-order chi connectivity index (χ0) is 19.5. The summed E-state index contributed by atoms with van der Waals surface area (Å²) < 4.78 is 89.6. The van der Waals surface area contributed by atoms with Crippen molar-refractivity contribution in [3.63, 3.8) is 0 Å². The molecular weight excluding hydrogens is 389 g/mol. The lowest BCUT2D eigenvalue weighted by Crippen LogP contribution is -2.36. The molecule has 0 saturated heterocycles. The summed E-state index contributed by atoms with van der Waals surface area (Å²) in [6.45, 7) is -0.943. The van der Waals surface area contributed by atoms with E-state index in [0.29, 0.717) is 0 Å². The summed E-state index contributed by atoms with van der Waals surface area (Å²) in [5, 5.41) is 16.7. The van der Waals surface area contributed by atoms with Crippen molar-refractivity contribution in [3.05, 3.63) is 41.2 Å². The Morgan fingerprint density at radius 1 is 1.27 bits per heavy atom. The van der Waals surface area contributed by atoms with E-state index in [9.17, 15) is 30.4 Å². The SMILES string of the molecule is N=C(Nc1cccc(C(F)F)c1)c1nonc1CNS(=O)(=O)C(F)(F)F. The van der Waals surface area contributed by atoms with E-state index in [2.05, 4.69) is 20.3 Å². The Kier molecular flexibility index (Phi) is 5.56. The van der Waals surface area contributed by atoms with Gasteiger partial charge in [-0.1, -0.05) is 17.3 Å². The van der Waals surface area contributed by atoms with Gasteiger partial charge >= 0.3 is 15.5 Å². The number of halogens is 5. The van der Waals surface area contributed by atoms with Gasteiger partial charge in [-0.05, 0) is 17.3 Å². The Hall–Kier alpha value is -2.61. The quantitative estimate of drug-likeness (QED) is 0.390. The maximum absolute atomic E-state index is 12.7. The number of anilines is 1. The summed E-state index contributed by atoms with van der Waals surface area (Å²) in [6, 6.07) is 4.88. The third kappa shape index (κ3) is 4.51. The van der Waals surface area contributed by atoms with Crippen molar-refractivity contribution < 1.29 is 35.0 Å². The van der Waals surface area contributed by atoms with Crippen molar-refractivity contribution in [2.45, 2.75) is 18.5 Å². The molecule has 0 atom stereocenters. The monoisotopic (exact) mass is 399 g/mol. The summed E-state index contributed by atoms with van der Waals surface area (Å²) >= 11 is 0. The first kappa shape index (κ1) is 19.7. The summed E-state index contributed by atoms with van der Waals surface area (Å²) in [5.74, 6) is -0.543. The molecule has 1 heterocycles. The largest absolute Gasteiger partial charge is 0.511 e. The van der Waals surface area contributed by atoms with Crippen LogP contribution in [0.5, 0.6) is 0 Å². The number of aromatic nitrogens is 2. The molecule has 0 aliphatic heterocycles. The highest BCUT2D eigenvalue weighted by molar-refractivity contribution is 7.90. The van der Waals surface area contributed by atoms with Gasteiger partial charge in [0.25, 0.3) is 6.43 Å². The summed E-state index contributed by atoms with van der Waals surface area (Å²) in [7, 11) is -5.62. The summed E-state index contributed by atoms with van der Waals surface area (Å²) in [6.07, 6.45) is -2.74. The maximum Gasteiger partial charge on any atom is 0.511 e. The number of amidine groups is 1. The molecular formula is C12H10F5N5O3S. The van der Waals surface area contributed by atoms with Crippen molar-refractivity contribution in [1.29, 1.82) is 5.41 Å². The Balaban J connectivity index is 2.12. The Morgan fingerprint density at radius 2 is 1.96 bits per heavy atom. The van der Waals surface area contributed by atoms with Crippen LogP contribution in [0.2, 0.25) is 0 Å². The van der Waals surface area contributed by atoms with Gasteiger partial charge in [0.1, 0.15) is 5.69 Å². The van der Waals surface area contributed by atoms with E-state index in [4.69, 9.17) is 5.41 Å². The van der Waals surface area contributed by atoms with Gasteiger partial charge in [0.05, 0.1) is 6.54 Å². The van der Waals surface area contributed by atoms with Gasteiger partial charge in [0.15, 0.2) is 11.5 Å². The van der Waals surface area contributed by atoms with Crippen LogP contribution < -0.4 is 10.0 Å². The first-order valence-electron chi connectivity index (χ1n) is 6.62.